The van der Waals surface area contributed by atoms with Gasteiger partial charge in [-0.15, -0.1) is 0 Å². The molecule has 88 valence electrons. The number of halogens is 2. The molecule has 2 rings (SSSR count). The molecule has 16 heavy (non-hydrogen) atoms. The average molecular weight is 280 g/mol. The molecule has 1 aromatic carbocycles. The summed E-state index contributed by atoms with van der Waals surface area (Å²) in [6.07, 6.45) is 2.87. The molecule has 0 spiro atoms. The largest absolute Gasteiger partial charge is 0.240 e. The van der Waals surface area contributed by atoms with Crippen molar-refractivity contribution in [2.75, 3.05) is 0 Å². The second kappa shape index (κ2) is 4.53. The fourth-order valence-corrected chi connectivity index (χ4v) is 3.53. The highest BCUT2D eigenvalue weighted by Gasteiger charge is 2.24. The van der Waals surface area contributed by atoms with Crippen LogP contribution < -0.4 is 4.72 Å². The third-order valence-electron chi connectivity index (χ3n) is 2.57. The number of benzene rings is 1. The summed E-state index contributed by atoms with van der Waals surface area (Å²) in [5.74, 6) is 0. The highest BCUT2D eigenvalue weighted by Crippen LogP contribution is 2.25. The van der Waals surface area contributed by atoms with Gasteiger partial charge in [0, 0.05) is 16.1 Å². The lowest BCUT2D eigenvalue weighted by molar-refractivity contribution is 0.383. The smallest absolute Gasteiger partial charge is 0.208 e. The molecule has 0 saturated heterocycles. The summed E-state index contributed by atoms with van der Waals surface area (Å²) >= 11 is 11.5. The van der Waals surface area contributed by atoms with Crippen LogP contribution in [0.15, 0.2) is 23.1 Å². The molecule has 0 aliphatic heterocycles. The third-order valence-corrected chi connectivity index (χ3v) is 4.51. The highest BCUT2D eigenvalue weighted by atomic mass is 35.5. The molecule has 0 aromatic heterocycles. The van der Waals surface area contributed by atoms with E-state index in [0.29, 0.717) is 10.0 Å². The van der Waals surface area contributed by atoms with Gasteiger partial charge >= 0.3 is 0 Å². The Morgan fingerprint density at radius 3 is 2.12 bits per heavy atom. The Morgan fingerprint density at radius 1 is 1.12 bits per heavy atom. The van der Waals surface area contributed by atoms with Crippen LogP contribution in [-0.4, -0.2) is 14.5 Å². The van der Waals surface area contributed by atoms with Crippen molar-refractivity contribution in [3.63, 3.8) is 0 Å². The van der Waals surface area contributed by atoms with Gasteiger partial charge in [0.25, 0.3) is 0 Å². The first-order valence-corrected chi connectivity index (χ1v) is 7.20. The highest BCUT2D eigenvalue weighted by molar-refractivity contribution is 7.89. The Kier molecular flexibility index (Phi) is 3.45. The van der Waals surface area contributed by atoms with Gasteiger partial charge in [0.1, 0.15) is 0 Å². The Balaban J connectivity index is 2.27. The molecular weight excluding hydrogens is 269 g/mol. The zero-order valence-electron chi connectivity index (χ0n) is 8.41. The van der Waals surface area contributed by atoms with E-state index in [0.717, 1.165) is 19.3 Å². The van der Waals surface area contributed by atoms with E-state index in [-0.39, 0.29) is 10.9 Å². The molecule has 1 aromatic rings. The van der Waals surface area contributed by atoms with Crippen LogP contribution in [0.4, 0.5) is 0 Å². The lowest BCUT2D eigenvalue weighted by Crippen LogP contribution is -2.39. The number of nitrogens with one attached hydrogen (secondary N) is 1. The number of rotatable bonds is 3. The Morgan fingerprint density at radius 2 is 1.69 bits per heavy atom. The fraction of sp³-hybridized carbons (Fsp3) is 0.400. The van der Waals surface area contributed by atoms with Gasteiger partial charge in [0.05, 0.1) is 4.90 Å². The minimum atomic E-state index is -3.48. The van der Waals surface area contributed by atoms with E-state index in [4.69, 9.17) is 23.2 Å². The molecule has 0 atom stereocenters. The maximum absolute atomic E-state index is 11.9. The Labute approximate surface area is 105 Å². The predicted molar refractivity (Wildman–Crippen MR) is 64.4 cm³/mol. The first-order valence-electron chi connectivity index (χ1n) is 4.96. The van der Waals surface area contributed by atoms with Crippen LogP contribution in [0.3, 0.4) is 0 Å². The summed E-state index contributed by atoms with van der Waals surface area (Å²) in [5, 5.41) is 0.642. The first kappa shape index (κ1) is 12.2. The van der Waals surface area contributed by atoms with E-state index >= 15 is 0 Å². The summed E-state index contributed by atoms with van der Waals surface area (Å²) in [6.45, 7) is 0. The minimum absolute atomic E-state index is 0.0581. The third kappa shape index (κ3) is 2.69. The van der Waals surface area contributed by atoms with Crippen LogP contribution in [0.25, 0.3) is 0 Å². The van der Waals surface area contributed by atoms with Gasteiger partial charge in [-0.05, 0) is 31.0 Å². The van der Waals surface area contributed by atoms with E-state index in [2.05, 4.69) is 4.72 Å². The normalized spacial score (nSPS) is 17.1. The van der Waals surface area contributed by atoms with Crippen molar-refractivity contribution in [1.82, 2.24) is 4.72 Å². The molecule has 0 radical (unpaired) electrons. The average Bonchev–Trinajstić information content (AvgIpc) is 2.10. The Bertz CT molecular complexity index is 477. The van der Waals surface area contributed by atoms with E-state index in [9.17, 15) is 8.42 Å². The topological polar surface area (TPSA) is 46.2 Å². The Hall–Kier alpha value is -0.290. The quantitative estimate of drug-likeness (QED) is 0.925. The van der Waals surface area contributed by atoms with Crippen molar-refractivity contribution in [3.05, 3.63) is 28.2 Å². The van der Waals surface area contributed by atoms with Crippen LogP contribution in [0.1, 0.15) is 19.3 Å². The van der Waals surface area contributed by atoms with E-state index in [1.165, 1.54) is 18.2 Å². The second-order valence-corrected chi connectivity index (χ2v) is 6.44. The van der Waals surface area contributed by atoms with Crippen LogP contribution in [-0.2, 0) is 10.0 Å². The molecule has 1 aliphatic rings. The zero-order chi connectivity index (χ0) is 11.8. The van der Waals surface area contributed by atoms with Gasteiger partial charge in [-0.2, -0.15) is 0 Å². The van der Waals surface area contributed by atoms with E-state index in [1.807, 2.05) is 0 Å². The van der Waals surface area contributed by atoms with E-state index < -0.39 is 10.0 Å². The van der Waals surface area contributed by atoms with Gasteiger partial charge in [-0.25, -0.2) is 13.1 Å². The van der Waals surface area contributed by atoms with Crippen molar-refractivity contribution < 1.29 is 8.42 Å². The number of hydrogen-bond acceptors (Lipinski definition) is 2. The lowest BCUT2D eigenvalue weighted by atomic mass is 9.94. The number of sulfonamides is 1. The van der Waals surface area contributed by atoms with Crippen molar-refractivity contribution in [1.29, 1.82) is 0 Å². The van der Waals surface area contributed by atoms with E-state index in [1.54, 1.807) is 0 Å². The number of hydrogen-bond donors (Lipinski definition) is 1. The van der Waals surface area contributed by atoms with Crippen molar-refractivity contribution >= 4 is 33.2 Å². The molecule has 1 N–H and O–H groups in total. The predicted octanol–water partition coefficient (Wildman–Crippen LogP) is 2.82. The molecular formula is C10H11Cl2NO2S. The summed E-state index contributed by atoms with van der Waals surface area (Å²) in [6, 6.07) is 4.36. The molecule has 0 bridgehead atoms. The lowest BCUT2D eigenvalue weighted by Gasteiger charge is -2.26. The molecule has 0 heterocycles. The van der Waals surface area contributed by atoms with Crippen molar-refractivity contribution in [2.45, 2.75) is 30.2 Å². The summed E-state index contributed by atoms with van der Waals surface area (Å²) in [5.41, 5.74) is 0. The molecule has 0 amide bonds. The van der Waals surface area contributed by atoms with Crippen LogP contribution in [0, 0.1) is 0 Å². The summed E-state index contributed by atoms with van der Waals surface area (Å²) in [4.78, 5) is 0.122. The standard InChI is InChI=1S/C10H11Cl2NO2S/c11-7-4-8(12)6-10(5-7)16(14,15)13-9-2-1-3-9/h4-6,9,13H,1-3H2. The van der Waals surface area contributed by atoms with Crippen molar-refractivity contribution in [3.8, 4) is 0 Å². The minimum Gasteiger partial charge on any atom is -0.208 e. The van der Waals surface area contributed by atoms with Crippen LogP contribution >= 0.6 is 23.2 Å². The maximum Gasteiger partial charge on any atom is 0.240 e. The first-order chi connectivity index (χ1) is 7.47. The van der Waals surface area contributed by atoms with Crippen LogP contribution in [0.2, 0.25) is 10.0 Å². The summed E-state index contributed by atoms with van der Waals surface area (Å²) in [7, 11) is -3.48. The zero-order valence-corrected chi connectivity index (χ0v) is 10.7. The van der Waals surface area contributed by atoms with Crippen LogP contribution in [0.5, 0.6) is 0 Å². The monoisotopic (exact) mass is 279 g/mol. The fourth-order valence-electron chi connectivity index (χ4n) is 1.50. The second-order valence-electron chi connectivity index (χ2n) is 3.85. The molecule has 6 heteroatoms. The molecule has 1 saturated carbocycles. The maximum atomic E-state index is 11.9. The van der Waals surface area contributed by atoms with Gasteiger partial charge in [-0.3, -0.25) is 0 Å². The van der Waals surface area contributed by atoms with Gasteiger partial charge < -0.3 is 0 Å². The van der Waals surface area contributed by atoms with Gasteiger partial charge in [-0.1, -0.05) is 29.6 Å². The molecule has 1 aliphatic carbocycles. The molecule has 0 unspecified atom stereocenters. The van der Waals surface area contributed by atoms with Gasteiger partial charge in [0.2, 0.25) is 10.0 Å². The molecule has 3 nitrogen and oxygen atoms in total. The van der Waals surface area contributed by atoms with Gasteiger partial charge in [0.15, 0.2) is 0 Å². The summed E-state index contributed by atoms with van der Waals surface area (Å²) < 4.78 is 26.4. The molecule has 1 fully saturated rings. The SMILES string of the molecule is O=S(=O)(NC1CCC1)c1cc(Cl)cc(Cl)c1. The van der Waals surface area contributed by atoms with Crippen molar-refractivity contribution in [2.24, 2.45) is 0 Å².